The van der Waals surface area contributed by atoms with Gasteiger partial charge in [0.2, 0.25) is 11.2 Å². The summed E-state index contributed by atoms with van der Waals surface area (Å²) in [4.78, 5) is 25.9. The van der Waals surface area contributed by atoms with E-state index >= 15 is 0 Å². The fourth-order valence-electron chi connectivity index (χ4n) is 3.43. The third kappa shape index (κ3) is 3.58. The van der Waals surface area contributed by atoms with Crippen LogP contribution in [0.15, 0.2) is 21.5 Å². The molecule has 1 aromatic heterocycles. The van der Waals surface area contributed by atoms with Crippen molar-refractivity contribution in [3.05, 3.63) is 28.3 Å². The van der Waals surface area contributed by atoms with Crippen LogP contribution in [-0.2, 0) is 9.53 Å². The lowest BCUT2D eigenvalue weighted by Crippen LogP contribution is -2.46. The average Bonchev–Trinajstić information content (AvgIpc) is 2.55. The number of amides is 1. The Morgan fingerprint density at radius 3 is 2.61 bits per heavy atom. The summed E-state index contributed by atoms with van der Waals surface area (Å²) in [6, 6.07) is 1.29. The van der Waals surface area contributed by atoms with Crippen molar-refractivity contribution in [1.82, 2.24) is 4.90 Å². The van der Waals surface area contributed by atoms with E-state index in [-0.39, 0.29) is 23.7 Å². The lowest BCUT2D eigenvalue weighted by atomic mass is 9.72. The minimum absolute atomic E-state index is 0.0745. The first-order chi connectivity index (χ1) is 11.1. The maximum absolute atomic E-state index is 12.3. The summed E-state index contributed by atoms with van der Waals surface area (Å²) in [5.41, 5.74) is 0.0915. The standard InChI is InChI=1S/C17H23NO5/c1-13-16(14(19)2-9-22-13)23-12-15(20)18-7-3-17(4-8-18)5-10-21-11-6-17/h2,9H,3-8,10-12H2,1H3. The Kier molecular flexibility index (Phi) is 4.71. The second kappa shape index (κ2) is 6.74. The second-order valence-electron chi connectivity index (χ2n) is 6.45. The number of aryl methyl sites for hydroxylation is 1. The summed E-state index contributed by atoms with van der Waals surface area (Å²) in [6.07, 6.45) is 5.55. The van der Waals surface area contributed by atoms with Crippen LogP contribution in [-0.4, -0.2) is 43.7 Å². The number of carbonyl (C=O) groups excluding carboxylic acids is 1. The molecule has 0 unspecified atom stereocenters. The number of likely N-dealkylation sites (tertiary alicyclic amines) is 1. The summed E-state index contributed by atoms with van der Waals surface area (Å²) >= 11 is 0. The number of rotatable bonds is 3. The smallest absolute Gasteiger partial charge is 0.260 e. The van der Waals surface area contributed by atoms with Gasteiger partial charge in [0.05, 0.1) is 6.26 Å². The molecule has 1 amide bonds. The van der Waals surface area contributed by atoms with Gasteiger partial charge < -0.3 is 18.8 Å². The van der Waals surface area contributed by atoms with Crippen molar-refractivity contribution in [2.75, 3.05) is 32.9 Å². The van der Waals surface area contributed by atoms with Crippen molar-refractivity contribution in [3.8, 4) is 5.75 Å². The van der Waals surface area contributed by atoms with Gasteiger partial charge in [-0.3, -0.25) is 9.59 Å². The lowest BCUT2D eigenvalue weighted by Gasteiger charge is -2.44. The Hall–Kier alpha value is -1.82. The van der Waals surface area contributed by atoms with E-state index in [1.165, 1.54) is 12.3 Å². The lowest BCUT2D eigenvalue weighted by molar-refractivity contribution is -0.136. The molecule has 0 radical (unpaired) electrons. The van der Waals surface area contributed by atoms with Crippen molar-refractivity contribution in [1.29, 1.82) is 0 Å². The van der Waals surface area contributed by atoms with Crippen LogP contribution in [0, 0.1) is 12.3 Å². The summed E-state index contributed by atoms with van der Waals surface area (Å²) in [7, 11) is 0. The van der Waals surface area contributed by atoms with Crippen molar-refractivity contribution in [3.63, 3.8) is 0 Å². The maximum atomic E-state index is 12.3. The molecule has 0 saturated carbocycles. The van der Waals surface area contributed by atoms with Gasteiger partial charge in [-0.1, -0.05) is 0 Å². The van der Waals surface area contributed by atoms with E-state index in [4.69, 9.17) is 13.9 Å². The van der Waals surface area contributed by atoms with Gasteiger partial charge in [0, 0.05) is 32.4 Å². The van der Waals surface area contributed by atoms with Crippen LogP contribution in [0.2, 0.25) is 0 Å². The van der Waals surface area contributed by atoms with Gasteiger partial charge in [-0.2, -0.15) is 0 Å². The first-order valence-electron chi connectivity index (χ1n) is 8.16. The van der Waals surface area contributed by atoms with Crippen LogP contribution in [0.3, 0.4) is 0 Å². The van der Waals surface area contributed by atoms with Gasteiger partial charge in [-0.15, -0.1) is 0 Å². The molecule has 126 valence electrons. The van der Waals surface area contributed by atoms with Crippen LogP contribution in [0.1, 0.15) is 31.4 Å². The average molecular weight is 321 g/mol. The molecular formula is C17H23NO5. The Labute approximate surface area is 135 Å². The topological polar surface area (TPSA) is 69.0 Å². The third-order valence-corrected chi connectivity index (χ3v) is 5.08. The zero-order chi connectivity index (χ0) is 16.3. The molecule has 6 heteroatoms. The summed E-state index contributed by atoms with van der Waals surface area (Å²) in [5.74, 6) is 0.443. The molecule has 2 aliphatic rings. The molecule has 0 atom stereocenters. The molecule has 2 saturated heterocycles. The quantitative estimate of drug-likeness (QED) is 0.848. The highest BCUT2D eigenvalue weighted by Gasteiger charge is 2.37. The number of hydrogen-bond donors (Lipinski definition) is 0. The third-order valence-electron chi connectivity index (χ3n) is 5.08. The number of ether oxygens (including phenoxy) is 2. The van der Waals surface area contributed by atoms with E-state index in [1.54, 1.807) is 6.92 Å². The largest absolute Gasteiger partial charge is 0.476 e. The molecule has 2 aliphatic heterocycles. The van der Waals surface area contributed by atoms with E-state index in [9.17, 15) is 9.59 Å². The van der Waals surface area contributed by atoms with E-state index in [1.807, 2.05) is 4.90 Å². The highest BCUT2D eigenvalue weighted by molar-refractivity contribution is 5.77. The first-order valence-corrected chi connectivity index (χ1v) is 8.16. The zero-order valence-corrected chi connectivity index (χ0v) is 13.5. The fourth-order valence-corrected chi connectivity index (χ4v) is 3.43. The molecule has 3 heterocycles. The van der Waals surface area contributed by atoms with Gasteiger partial charge >= 0.3 is 0 Å². The summed E-state index contributed by atoms with van der Waals surface area (Å²) in [6.45, 7) is 4.71. The number of nitrogens with zero attached hydrogens (tertiary/aromatic N) is 1. The molecule has 0 aromatic carbocycles. The monoisotopic (exact) mass is 321 g/mol. The Morgan fingerprint density at radius 2 is 1.96 bits per heavy atom. The van der Waals surface area contributed by atoms with Gasteiger partial charge in [0.15, 0.2) is 6.61 Å². The zero-order valence-electron chi connectivity index (χ0n) is 13.5. The van der Waals surface area contributed by atoms with Gasteiger partial charge in [0.25, 0.3) is 5.91 Å². The van der Waals surface area contributed by atoms with Crippen molar-refractivity contribution in [2.24, 2.45) is 5.41 Å². The van der Waals surface area contributed by atoms with Gasteiger partial charge in [0.1, 0.15) is 5.76 Å². The molecule has 0 aliphatic carbocycles. The van der Waals surface area contributed by atoms with E-state index < -0.39 is 0 Å². The van der Waals surface area contributed by atoms with E-state index in [2.05, 4.69) is 0 Å². The molecule has 0 bridgehead atoms. The summed E-state index contributed by atoms with van der Waals surface area (Å²) < 4.78 is 16.0. The van der Waals surface area contributed by atoms with Crippen LogP contribution in [0.4, 0.5) is 0 Å². The minimum Gasteiger partial charge on any atom is -0.476 e. The first kappa shape index (κ1) is 16.1. The maximum Gasteiger partial charge on any atom is 0.260 e. The molecule has 1 spiro atoms. The van der Waals surface area contributed by atoms with Crippen molar-refractivity contribution < 1.29 is 18.7 Å². The molecule has 3 rings (SSSR count). The fraction of sp³-hybridized carbons (Fsp3) is 0.647. The normalized spacial score (nSPS) is 20.5. The van der Waals surface area contributed by atoms with Gasteiger partial charge in [-0.25, -0.2) is 0 Å². The second-order valence-corrected chi connectivity index (χ2v) is 6.45. The Balaban J connectivity index is 1.53. The number of piperidine rings is 1. The molecule has 0 N–H and O–H groups in total. The van der Waals surface area contributed by atoms with E-state index in [0.717, 1.165) is 52.0 Å². The minimum atomic E-state index is -0.263. The van der Waals surface area contributed by atoms with Crippen molar-refractivity contribution in [2.45, 2.75) is 32.6 Å². The molecule has 6 nitrogen and oxygen atoms in total. The van der Waals surface area contributed by atoms with Gasteiger partial charge in [-0.05, 0) is 38.0 Å². The number of carbonyl (C=O) groups is 1. The SMILES string of the molecule is Cc1occc(=O)c1OCC(=O)N1CCC2(CCOCC2)CC1. The molecule has 1 aromatic rings. The molecule has 23 heavy (non-hydrogen) atoms. The predicted octanol–water partition coefficient (Wildman–Crippen LogP) is 1.75. The van der Waals surface area contributed by atoms with Crippen LogP contribution >= 0.6 is 0 Å². The highest BCUT2D eigenvalue weighted by atomic mass is 16.5. The van der Waals surface area contributed by atoms with E-state index in [0.29, 0.717) is 11.2 Å². The van der Waals surface area contributed by atoms with Crippen LogP contribution in [0.5, 0.6) is 5.75 Å². The molecular weight excluding hydrogens is 298 g/mol. The predicted molar refractivity (Wildman–Crippen MR) is 83.5 cm³/mol. The van der Waals surface area contributed by atoms with Crippen LogP contribution < -0.4 is 10.2 Å². The van der Waals surface area contributed by atoms with Crippen molar-refractivity contribution >= 4 is 5.91 Å². The highest BCUT2D eigenvalue weighted by Crippen LogP contribution is 2.40. The molecule has 2 fully saturated rings. The number of hydrogen-bond acceptors (Lipinski definition) is 5. The van der Waals surface area contributed by atoms with Crippen LogP contribution in [0.25, 0.3) is 0 Å². The Morgan fingerprint density at radius 1 is 1.26 bits per heavy atom. The summed E-state index contributed by atoms with van der Waals surface area (Å²) in [5, 5.41) is 0. The Bertz CT molecular complexity index is 608.